The van der Waals surface area contributed by atoms with E-state index in [2.05, 4.69) is 50.1 Å². The minimum atomic E-state index is 0.494. The summed E-state index contributed by atoms with van der Waals surface area (Å²) in [5, 5.41) is 0. The summed E-state index contributed by atoms with van der Waals surface area (Å²) in [6.45, 7) is 6.35. The summed E-state index contributed by atoms with van der Waals surface area (Å²) in [6, 6.07) is 10.5. The van der Waals surface area contributed by atoms with E-state index in [1.165, 1.54) is 5.69 Å². The van der Waals surface area contributed by atoms with Gasteiger partial charge in [-0.2, -0.15) is 0 Å². The van der Waals surface area contributed by atoms with Crippen LogP contribution in [0.4, 0.5) is 11.6 Å². The molecule has 0 saturated carbocycles. The van der Waals surface area contributed by atoms with Gasteiger partial charge in [-0.3, -0.25) is 0 Å². The van der Waals surface area contributed by atoms with E-state index in [0.717, 1.165) is 43.4 Å². The van der Waals surface area contributed by atoms with Crippen molar-refractivity contribution in [1.29, 1.82) is 0 Å². The van der Waals surface area contributed by atoms with Gasteiger partial charge in [-0.05, 0) is 19.1 Å². The Morgan fingerprint density at radius 1 is 1.05 bits per heavy atom. The molecule has 0 bridgehead atoms. The fourth-order valence-electron chi connectivity index (χ4n) is 2.64. The molecule has 2 aromatic rings. The van der Waals surface area contributed by atoms with E-state index in [9.17, 15) is 0 Å². The van der Waals surface area contributed by atoms with Gasteiger partial charge in [0.1, 0.15) is 0 Å². The smallest absolute Gasteiger partial charge is 0.225 e. The maximum absolute atomic E-state index is 5.66. The lowest BCUT2D eigenvalue weighted by Crippen LogP contribution is -2.47. The summed E-state index contributed by atoms with van der Waals surface area (Å²) < 4.78 is 0. The third-order valence-electron chi connectivity index (χ3n) is 3.97. The maximum atomic E-state index is 5.66. The van der Waals surface area contributed by atoms with Crippen LogP contribution in [0.5, 0.6) is 0 Å². The summed E-state index contributed by atoms with van der Waals surface area (Å²) >= 11 is 0. The number of rotatable bonds is 3. The molecule has 0 amide bonds. The normalized spacial score (nSPS) is 15.3. The molecule has 0 radical (unpaired) electrons. The first-order valence-corrected chi connectivity index (χ1v) is 7.35. The highest BCUT2D eigenvalue weighted by Crippen LogP contribution is 2.18. The predicted molar refractivity (Wildman–Crippen MR) is 85.5 cm³/mol. The van der Waals surface area contributed by atoms with Crippen LogP contribution in [-0.2, 0) is 6.54 Å². The third kappa shape index (κ3) is 2.97. The van der Waals surface area contributed by atoms with Crippen molar-refractivity contribution in [2.75, 3.05) is 36.0 Å². The van der Waals surface area contributed by atoms with Crippen LogP contribution in [0.2, 0.25) is 0 Å². The number of anilines is 2. The molecule has 5 heteroatoms. The van der Waals surface area contributed by atoms with Crippen LogP contribution >= 0.6 is 0 Å². The Morgan fingerprint density at radius 3 is 2.33 bits per heavy atom. The van der Waals surface area contributed by atoms with E-state index in [0.29, 0.717) is 6.54 Å². The molecule has 0 aliphatic carbocycles. The number of piperazine rings is 1. The lowest BCUT2D eigenvalue weighted by molar-refractivity contribution is 0.638. The number of benzene rings is 1. The van der Waals surface area contributed by atoms with E-state index in [-0.39, 0.29) is 0 Å². The topological polar surface area (TPSA) is 58.3 Å². The molecule has 0 atom stereocenters. The highest BCUT2D eigenvalue weighted by atomic mass is 15.3. The van der Waals surface area contributed by atoms with Gasteiger partial charge in [0.05, 0.1) is 0 Å². The molecule has 1 aliphatic rings. The number of nitrogens with zero attached hydrogens (tertiary/aromatic N) is 4. The Balaban J connectivity index is 1.67. The molecule has 21 heavy (non-hydrogen) atoms. The first-order valence-electron chi connectivity index (χ1n) is 7.35. The van der Waals surface area contributed by atoms with Crippen molar-refractivity contribution in [3.05, 3.63) is 47.8 Å². The zero-order valence-corrected chi connectivity index (χ0v) is 12.4. The van der Waals surface area contributed by atoms with Crippen molar-refractivity contribution in [3.8, 4) is 0 Å². The quantitative estimate of drug-likeness (QED) is 0.926. The van der Waals surface area contributed by atoms with E-state index < -0.39 is 0 Å². The third-order valence-corrected chi connectivity index (χ3v) is 3.97. The van der Waals surface area contributed by atoms with Crippen LogP contribution in [0.25, 0.3) is 0 Å². The fraction of sp³-hybridized carbons (Fsp3) is 0.375. The van der Waals surface area contributed by atoms with Crippen molar-refractivity contribution in [2.45, 2.75) is 13.5 Å². The van der Waals surface area contributed by atoms with Crippen LogP contribution in [-0.4, -0.2) is 36.1 Å². The fourth-order valence-corrected chi connectivity index (χ4v) is 2.64. The van der Waals surface area contributed by atoms with Gasteiger partial charge in [0.15, 0.2) is 0 Å². The standard InChI is InChI=1S/C16H21N5/c1-13-14(11-17)12-18-16(19-13)21-9-7-20(8-10-21)15-5-3-2-4-6-15/h2-6,12H,7-11,17H2,1H3. The molecule has 0 spiro atoms. The van der Waals surface area contributed by atoms with Crippen molar-refractivity contribution < 1.29 is 0 Å². The Morgan fingerprint density at radius 2 is 1.71 bits per heavy atom. The molecule has 1 saturated heterocycles. The van der Waals surface area contributed by atoms with Crippen LogP contribution in [0.15, 0.2) is 36.5 Å². The number of aromatic nitrogens is 2. The summed E-state index contributed by atoms with van der Waals surface area (Å²) in [5.41, 5.74) is 8.94. The largest absolute Gasteiger partial charge is 0.368 e. The van der Waals surface area contributed by atoms with Gasteiger partial charge < -0.3 is 15.5 Å². The predicted octanol–water partition coefficient (Wildman–Crippen LogP) is 1.57. The number of nitrogens with two attached hydrogens (primary N) is 1. The molecule has 1 aliphatic heterocycles. The first kappa shape index (κ1) is 13.8. The second kappa shape index (κ2) is 6.10. The highest BCUT2D eigenvalue weighted by Gasteiger charge is 2.19. The van der Waals surface area contributed by atoms with Crippen LogP contribution in [0, 0.1) is 6.92 Å². The SMILES string of the molecule is Cc1nc(N2CCN(c3ccccc3)CC2)ncc1CN. The second-order valence-corrected chi connectivity index (χ2v) is 5.29. The lowest BCUT2D eigenvalue weighted by Gasteiger charge is -2.36. The number of hydrogen-bond donors (Lipinski definition) is 1. The van der Waals surface area contributed by atoms with E-state index in [1.807, 2.05) is 13.1 Å². The maximum Gasteiger partial charge on any atom is 0.225 e. The molecule has 2 N–H and O–H groups in total. The average molecular weight is 283 g/mol. The van der Waals surface area contributed by atoms with Crippen LogP contribution < -0.4 is 15.5 Å². The molecule has 3 rings (SSSR count). The van der Waals surface area contributed by atoms with Gasteiger partial charge >= 0.3 is 0 Å². The summed E-state index contributed by atoms with van der Waals surface area (Å²) in [7, 11) is 0. The monoisotopic (exact) mass is 283 g/mol. The molecule has 1 aromatic carbocycles. The van der Waals surface area contributed by atoms with Crippen molar-refractivity contribution >= 4 is 11.6 Å². The lowest BCUT2D eigenvalue weighted by atomic mass is 10.2. The minimum Gasteiger partial charge on any atom is -0.368 e. The van der Waals surface area contributed by atoms with Gasteiger partial charge in [0.2, 0.25) is 5.95 Å². The highest BCUT2D eigenvalue weighted by molar-refractivity contribution is 5.48. The number of para-hydroxylation sites is 1. The van der Waals surface area contributed by atoms with Crippen molar-refractivity contribution in [3.63, 3.8) is 0 Å². The molecule has 1 aromatic heterocycles. The molecule has 0 unspecified atom stereocenters. The van der Waals surface area contributed by atoms with Crippen molar-refractivity contribution in [1.82, 2.24) is 9.97 Å². The van der Waals surface area contributed by atoms with Gasteiger partial charge in [-0.1, -0.05) is 18.2 Å². The number of aryl methyl sites for hydroxylation is 1. The van der Waals surface area contributed by atoms with Gasteiger partial charge in [-0.25, -0.2) is 9.97 Å². The zero-order valence-electron chi connectivity index (χ0n) is 12.4. The molecule has 2 heterocycles. The molecule has 1 fully saturated rings. The van der Waals surface area contributed by atoms with E-state index in [4.69, 9.17) is 5.73 Å². The molecular formula is C16H21N5. The Labute approximate surface area is 125 Å². The first-order chi connectivity index (χ1) is 10.3. The second-order valence-electron chi connectivity index (χ2n) is 5.29. The summed E-state index contributed by atoms with van der Waals surface area (Å²) in [5.74, 6) is 0.817. The summed E-state index contributed by atoms with van der Waals surface area (Å²) in [6.07, 6.45) is 1.85. The summed E-state index contributed by atoms with van der Waals surface area (Å²) in [4.78, 5) is 13.7. The van der Waals surface area contributed by atoms with E-state index in [1.54, 1.807) is 0 Å². The van der Waals surface area contributed by atoms with Crippen LogP contribution in [0.3, 0.4) is 0 Å². The van der Waals surface area contributed by atoms with Gasteiger partial charge in [0.25, 0.3) is 0 Å². The minimum absolute atomic E-state index is 0.494. The Bertz CT molecular complexity index is 591. The van der Waals surface area contributed by atoms with Gasteiger partial charge in [0, 0.05) is 55.9 Å². The zero-order chi connectivity index (χ0) is 14.7. The molecule has 110 valence electrons. The van der Waals surface area contributed by atoms with E-state index >= 15 is 0 Å². The molecular weight excluding hydrogens is 262 g/mol. The Hall–Kier alpha value is -2.14. The Kier molecular flexibility index (Phi) is 4.01. The van der Waals surface area contributed by atoms with Crippen molar-refractivity contribution in [2.24, 2.45) is 5.73 Å². The average Bonchev–Trinajstić information content (AvgIpc) is 2.56. The van der Waals surface area contributed by atoms with Gasteiger partial charge in [-0.15, -0.1) is 0 Å². The van der Waals surface area contributed by atoms with Crippen LogP contribution in [0.1, 0.15) is 11.3 Å². The molecule has 5 nitrogen and oxygen atoms in total. The number of hydrogen-bond acceptors (Lipinski definition) is 5.